The Hall–Kier alpha value is -3.52. The minimum absolute atomic E-state index is 0.0600. The van der Waals surface area contributed by atoms with Gasteiger partial charge in [0.1, 0.15) is 11.6 Å². The Bertz CT molecular complexity index is 1040. The molecule has 31 heavy (non-hydrogen) atoms. The van der Waals surface area contributed by atoms with E-state index in [1.165, 1.54) is 0 Å². The fraction of sp³-hybridized carbons (Fsp3) is 0.304. The molecular formula is C23H26N6O2. The quantitative estimate of drug-likeness (QED) is 0.563. The van der Waals surface area contributed by atoms with Crippen LogP contribution in [0.5, 0.6) is 5.75 Å². The summed E-state index contributed by atoms with van der Waals surface area (Å²) in [6.07, 6.45) is 1.64. The molecule has 8 nitrogen and oxygen atoms in total. The van der Waals surface area contributed by atoms with E-state index in [1.54, 1.807) is 7.11 Å². The van der Waals surface area contributed by atoms with Crippen LogP contribution in [0.4, 0.5) is 17.6 Å². The topological polar surface area (TPSA) is 106 Å². The maximum absolute atomic E-state index is 12.7. The fourth-order valence-electron chi connectivity index (χ4n) is 3.82. The number of Topliss-reactive ketones (excluding diaryl/α,β-unsaturated/α-hetero) is 1. The number of ketones is 1. The Morgan fingerprint density at radius 1 is 1.06 bits per heavy atom. The molecular weight excluding hydrogens is 392 g/mol. The molecule has 0 atom stereocenters. The second kappa shape index (κ2) is 9.53. The molecule has 1 aromatic heterocycles. The maximum atomic E-state index is 12.7. The number of nitrogens with two attached hydrogens (primary N) is 1. The van der Waals surface area contributed by atoms with E-state index < -0.39 is 0 Å². The van der Waals surface area contributed by atoms with Crippen molar-refractivity contribution in [2.24, 2.45) is 5.92 Å². The van der Waals surface area contributed by atoms with Crippen LogP contribution in [0.3, 0.4) is 0 Å². The molecule has 2 heterocycles. The lowest BCUT2D eigenvalue weighted by Gasteiger charge is -2.30. The summed E-state index contributed by atoms with van der Waals surface area (Å²) in [6, 6.07) is 17.0. The third-order valence-electron chi connectivity index (χ3n) is 5.43. The van der Waals surface area contributed by atoms with E-state index in [0.29, 0.717) is 24.1 Å². The highest BCUT2D eigenvalue weighted by Gasteiger charge is 2.26. The summed E-state index contributed by atoms with van der Waals surface area (Å²) in [4.78, 5) is 27.9. The van der Waals surface area contributed by atoms with Crippen LogP contribution in [0, 0.1) is 5.92 Å². The van der Waals surface area contributed by atoms with Crippen molar-refractivity contribution in [3.8, 4) is 5.75 Å². The molecule has 0 unspecified atom stereocenters. The SMILES string of the molecule is COc1ccccc1Nc1nc(N)nc(CN2CCC(C(=O)c3ccccc3)CC2)n1. The molecule has 2 aromatic carbocycles. The Balaban J connectivity index is 1.38. The van der Waals surface area contributed by atoms with Crippen molar-refractivity contribution >= 4 is 23.4 Å². The van der Waals surface area contributed by atoms with Crippen molar-refractivity contribution < 1.29 is 9.53 Å². The number of carbonyl (C=O) groups excluding carboxylic acids is 1. The molecule has 0 radical (unpaired) electrons. The van der Waals surface area contributed by atoms with E-state index in [2.05, 4.69) is 25.2 Å². The lowest BCUT2D eigenvalue weighted by Crippen LogP contribution is -2.36. The Kier molecular flexibility index (Phi) is 6.37. The minimum atomic E-state index is 0.0600. The number of methoxy groups -OCH3 is 1. The summed E-state index contributed by atoms with van der Waals surface area (Å²) in [5.74, 6) is 2.11. The summed E-state index contributed by atoms with van der Waals surface area (Å²) in [5.41, 5.74) is 7.46. The smallest absolute Gasteiger partial charge is 0.232 e. The minimum Gasteiger partial charge on any atom is -0.495 e. The average molecular weight is 419 g/mol. The molecule has 0 aliphatic carbocycles. The van der Waals surface area contributed by atoms with Gasteiger partial charge in [-0.3, -0.25) is 9.69 Å². The largest absolute Gasteiger partial charge is 0.495 e. The van der Waals surface area contributed by atoms with Gasteiger partial charge in [-0.1, -0.05) is 42.5 Å². The number of hydrogen-bond donors (Lipinski definition) is 2. The van der Waals surface area contributed by atoms with Gasteiger partial charge in [0.2, 0.25) is 11.9 Å². The van der Waals surface area contributed by atoms with Gasteiger partial charge in [0, 0.05) is 11.5 Å². The number of likely N-dealkylation sites (tertiary alicyclic amines) is 1. The number of para-hydroxylation sites is 2. The molecule has 3 N–H and O–H groups in total. The van der Waals surface area contributed by atoms with Crippen molar-refractivity contribution in [2.45, 2.75) is 19.4 Å². The predicted octanol–water partition coefficient (Wildman–Crippen LogP) is 3.30. The predicted molar refractivity (Wildman–Crippen MR) is 119 cm³/mol. The zero-order chi connectivity index (χ0) is 21.6. The van der Waals surface area contributed by atoms with Gasteiger partial charge in [0.05, 0.1) is 19.3 Å². The van der Waals surface area contributed by atoms with E-state index in [-0.39, 0.29) is 17.6 Å². The summed E-state index contributed by atoms with van der Waals surface area (Å²) in [6.45, 7) is 2.17. The van der Waals surface area contributed by atoms with Gasteiger partial charge in [-0.15, -0.1) is 0 Å². The van der Waals surface area contributed by atoms with Crippen LogP contribution in [-0.2, 0) is 6.54 Å². The molecule has 160 valence electrons. The summed E-state index contributed by atoms with van der Waals surface area (Å²) < 4.78 is 5.36. The first-order chi connectivity index (χ1) is 15.1. The summed E-state index contributed by atoms with van der Waals surface area (Å²) >= 11 is 0. The molecule has 0 spiro atoms. The second-order valence-electron chi connectivity index (χ2n) is 7.54. The number of carbonyl (C=O) groups is 1. The normalized spacial score (nSPS) is 14.9. The second-order valence-corrected chi connectivity index (χ2v) is 7.54. The number of nitrogens with one attached hydrogen (secondary N) is 1. The van der Waals surface area contributed by atoms with Crippen molar-refractivity contribution in [1.82, 2.24) is 19.9 Å². The fourth-order valence-corrected chi connectivity index (χ4v) is 3.82. The highest BCUT2D eigenvalue weighted by molar-refractivity contribution is 5.97. The number of ether oxygens (including phenoxy) is 1. The third kappa shape index (κ3) is 5.16. The van der Waals surface area contributed by atoms with Gasteiger partial charge >= 0.3 is 0 Å². The van der Waals surface area contributed by atoms with Gasteiger partial charge in [0.15, 0.2) is 5.78 Å². The van der Waals surface area contributed by atoms with Gasteiger partial charge in [-0.05, 0) is 38.1 Å². The van der Waals surface area contributed by atoms with Gasteiger partial charge in [-0.2, -0.15) is 15.0 Å². The number of aromatic nitrogens is 3. The number of piperidine rings is 1. The van der Waals surface area contributed by atoms with E-state index in [9.17, 15) is 4.79 Å². The molecule has 1 aliphatic heterocycles. The van der Waals surface area contributed by atoms with Crippen LogP contribution in [-0.4, -0.2) is 45.8 Å². The first-order valence-electron chi connectivity index (χ1n) is 10.3. The lowest BCUT2D eigenvalue weighted by molar-refractivity contribution is 0.0833. The van der Waals surface area contributed by atoms with Crippen LogP contribution in [0.25, 0.3) is 0 Å². The number of hydrogen-bond acceptors (Lipinski definition) is 8. The van der Waals surface area contributed by atoms with Crippen LogP contribution < -0.4 is 15.8 Å². The highest BCUT2D eigenvalue weighted by atomic mass is 16.5. The van der Waals surface area contributed by atoms with Crippen molar-refractivity contribution in [1.29, 1.82) is 0 Å². The Labute approximate surface area is 181 Å². The first kappa shape index (κ1) is 20.7. The van der Waals surface area contributed by atoms with E-state index >= 15 is 0 Å². The number of nitrogens with zero attached hydrogens (tertiary/aromatic N) is 4. The number of rotatable bonds is 7. The molecule has 0 amide bonds. The summed E-state index contributed by atoms with van der Waals surface area (Å²) in [7, 11) is 1.61. The molecule has 1 fully saturated rings. The first-order valence-corrected chi connectivity index (χ1v) is 10.3. The van der Waals surface area contributed by atoms with Gasteiger partial charge < -0.3 is 15.8 Å². The van der Waals surface area contributed by atoms with Crippen LogP contribution in [0.1, 0.15) is 29.0 Å². The zero-order valence-corrected chi connectivity index (χ0v) is 17.5. The standard InChI is InChI=1S/C23H26N6O2/c1-31-19-10-6-5-9-18(19)25-23-27-20(26-22(24)28-23)15-29-13-11-17(12-14-29)21(30)16-7-3-2-4-8-16/h2-10,17H,11-15H2,1H3,(H3,24,25,26,27,28). The molecule has 1 saturated heterocycles. The Morgan fingerprint density at radius 3 is 2.52 bits per heavy atom. The highest BCUT2D eigenvalue weighted by Crippen LogP contribution is 2.26. The molecule has 3 aromatic rings. The van der Waals surface area contributed by atoms with E-state index in [4.69, 9.17) is 10.5 Å². The molecule has 0 saturated carbocycles. The van der Waals surface area contributed by atoms with Crippen molar-refractivity contribution in [3.63, 3.8) is 0 Å². The molecule has 1 aliphatic rings. The number of anilines is 3. The van der Waals surface area contributed by atoms with Crippen molar-refractivity contribution in [3.05, 3.63) is 66.0 Å². The van der Waals surface area contributed by atoms with Gasteiger partial charge in [0.25, 0.3) is 0 Å². The monoisotopic (exact) mass is 418 g/mol. The van der Waals surface area contributed by atoms with Crippen LogP contribution >= 0.6 is 0 Å². The lowest BCUT2D eigenvalue weighted by atomic mass is 9.89. The Morgan fingerprint density at radius 2 is 1.77 bits per heavy atom. The van der Waals surface area contributed by atoms with Crippen LogP contribution in [0.2, 0.25) is 0 Å². The average Bonchev–Trinajstić information content (AvgIpc) is 2.80. The summed E-state index contributed by atoms with van der Waals surface area (Å²) in [5, 5.41) is 3.15. The number of nitrogen functional groups attached to an aromatic ring is 1. The number of benzene rings is 2. The molecule has 8 heteroatoms. The van der Waals surface area contributed by atoms with Crippen LogP contribution in [0.15, 0.2) is 54.6 Å². The molecule has 4 rings (SSSR count). The molecule has 0 bridgehead atoms. The van der Waals surface area contributed by atoms with Crippen molar-refractivity contribution in [2.75, 3.05) is 31.2 Å². The zero-order valence-electron chi connectivity index (χ0n) is 17.5. The van der Waals surface area contributed by atoms with Gasteiger partial charge in [-0.25, -0.2) is 0 Å². The van der Waals surface area contributed by atoms with E-state index in [1.807, 2.05) is 54.6 Å². The van der Waals surface area contributed by atoms with E-state index in [0.717, 1.165) is 37.2 Å². The maximum Gasteiger partial charge on any atom is 0.232 e. The third-order valence-corrected chi connectivity index (χ3v) is 5.43.